The molecular formula is C14H17N3O3. The van der Waals surface area contributed by atoms with Crippen LogP contribution in [-0.4, -0.2) is 35.1 Å². The van der Waals surface area contributed by atoms with Gasteiger partial charge in [-0.1, -0.05) is 11.8 Å². The third kappa shape index (κ3) is 5.50. The van der Waals surface area contributed by atoms with Gasteiger partial charge in [0.05, 0.1) is 5.56 Å². The van der Waals surface area contributed by atoms with Crippen molar-refractivity contribution in [1.29, 1.82) is 0 Å². The van der Waals surface area contributed by atoms with Crippen LogP contribution in [0, 0.1) is 11.8 Å². The highest BCUT2D eigenvalue weighted by Gasteiger charge is 2.10. The molecule has 0 atom stereocenters. The van der Waals surface area contributed by atoms with Crippen molar-refractivity contribution < 1.29 is 14.7 Å². The minimum atomic E-state index is -0.345. The van der Waals surface area contributed by atoms with E-state index < -0.39 is 0 Å². The molecule has 0 bridgehead atoms. The zero-order valence-electron chi connectivity index (χ0n) is 11.1. The summed E-state index contributed by atoms with van der Waals surface area (Å²) in [7, 11) is 0. The second kappa shape index (κ2) is 8.67. The number of amides is 2. The Balaban J connectivity index is 2.53. The number of nitrogens with two attached hydrogens (primary N) is 1. The number of aliphatic hydroxyl groups is 1. The van der Waals surface area contributed by atoms with Crippen LogP contribution in [0.4, 0.5) is 0 Å². The Bertz CT molecular complexity index is 532. The van der Waals surface area contributed by atoms with Crippen molar-refractivity contribution in [3.63, 3.8) is 0 Å². The van der Waals surface area contributed by atoms with Gasteiger partial charge in [-0.15, -0.1) is 0 Å². The van der Waals surface area contributed by atoms with Gasteiger partial charge < -0.3 is 16.2 Å². The number of aliphatic hydroxyl groups excluding tert-OH is 1. The highest BCUT2D eigenvalue weighted by atomic mass is 16.2. The summed E-state index contributed by atoms with van der Waals surface area (Å²) in [5, 5.41) is 11.4. The lowest BCUT2D eigenvalue weighted by atomic mass is 10.2. The molecular weight excluding hydrogens is 258 g/mol. The monoisotopic (exact) mass is 275 g/mol. The molecule has 0 aromatic carbocycles. The maximum absolute atomic E-state index is 11.9. The number of hydrogen-bond donors (Lipinski definition) is 3. The van der Waals surface area contributed by atoms with Gasteiger partial charge in [0.1, 0.15) is 12.3 Å². The first-order chi connectivity index (χ1) is 9.65. The maximum Gasteiger partial charge on any atom is 0.271 e. The standard InChI is InChI=1S/C14H17N3O3/c15-12(19)7-1-2-8-17-14(20)13-11(6-4-10-18)5-3-9-16-13/h3,5,9,18H,1-2,7-8,10H2,(H2,15,19)(H,17,20). The van der Waals surface area contributed by atoms with Crippen LogP contribution in [0.25, 0.3) is 0 Å². The summed E-state index contributed by atoms with van der Waals surface area (Å²) in [6, 6.07) is 3.34. The van der Waals surface area contributed by atoms with Crippen LogP contribution in [-0.2, 0) is 4.79 Å². The van der Waals surface area contributed by atoms with Crippen LogP contribution >= 0.6 is 0 Å². The van der Waals surface area contributed by atoms with Gasteiger partial charge in [-0.05, 0) is 25.0 Å². The summed E-state index contributed by atoms with van der Waals surface area (Å²) < 4.78 is 0. The summed E-state index contributed by atoms with van der Waals surface area (Å²) in [5.74, 6) is 4.49. The minimum Gasteiger partial charge on any atom is -0.384 e. The van der Waals surface area contributed by atoms with E-state index in [2.05, 4.69) is 22.1 Å². The first-order valence-electron chi connectivity index (χ1n) is 6.26. The molecule has 1 aromatic heterocycles. The fraction of sp³-hybridized carbons (Fsp3) is 0.357. The SMILES string of the molecule is NC(=O)CCCCNC(=O)c1ncccc1C#CCO. The number of nitrogens with one attached hydrogen (secondary N) is 1. The van der Waals surface area contributed by atoms with Crippen molar-refractivity contribution >= 4 is 11.8 Å². The maximum atomic E-state index is 11.9. The Kier molecular flexibility index (Phi) is 6.79. The molecule has 1 heterocycles. The first-order valence-corrected chi connectivity index (χ1v) is 6.26. The molecule has 6 heteroatoms. The van der Waals surface area contributed by atoms with Crippen LogP contribution < -0.4 is 11.1 Å². The average molecular weight is 275 g/mol. The molecule has 20 heavy (non-hydrogen) atoms. The second-order valence-corrected chi connectivity index (χ2v) is 4.04. The number of unbranched alkanes of at least 4 members (excludes halogenated alkanes) is 1. The molecule has 0 spiro atoms. The molecule has 106 valence electrons. The number of carbonyl (C=O) groups excluding carboxylic acids is 2. The quantitative estimate of drug-likeness (QED) is 0.494. The van der Waals surface area contributed by atoms with Gasteiger partial charge in [0.25, 0.3) is 5.91 Å². The van der Waals surface area contributed by atoms with Gasteiger partial charge in [0.15, 0.2) is 0 Å². The molecule has 2 amide bonds. The molecule has 0 saturated carbocycles. The number of hydrogen-bond acceptors (Lipinski definition) is 4. The molecule has 0 aliphatic rings. The molecule has 0 aliphatic heterocycles. The van der Waals surface area contributed by atoms with Gasteiger partial charge in [-0.2, -0.15) is 0 Å². The van der Waals surface area contributed by atoms with Crippen molar-refractivity contribution in [2.75, 3.05) is 13.2 Å². The van der Waals surface area contributed by atoms with E-state index >= 15 is 0 Å². The molecule has 0 unspecified atom stereocenters. The molecule has 4 N–H and O–H groups in total. The van der Waals surface area contributed by atoms with Crippen molar-refractivity contribution in [2.45, 2.75) is 19.3 Å². The van der Waals surface area contributed by atoms with Crippen LogP contribution in [0.15, 0.2) is 18.3 Å². The van der Waals surface area contributed by atoms with E-state index in [4.69, 9.17) is 10.8 Å². The summed E-state index contributed by atoms with van der Waals surface area (Å²) in [6.07, 6.45) is 3.12. The lowest BCUT2D eigenvalue weighted by Gasteiger charge is -2.05. The van der Waals surface area contributed by atoms with E-state index in [0.717, 1.165) is 0 Å². The van der Waals surface area contributed by atoms with Gasteiger partial charge in [0.2, 0.25) is 5.91 Å². The van der Waals surface area contributed by atoms with Crippen molar-refractivity contribution in [2.24, 2.45) is 5.73 Å². The third-order valence-corrected chi connectivity index (χ3v) is 2.46. The van der Waals surface area contributed by atoms with E-state index in [-0.39, 0.29) is 24.1 Å². The fourth-order valence-electron chi connectivity index (χ4n) is 1.53. The lowest BCUT2D eigenvalue weighted by Crippen LogP contribution is -2.26. The number of carbonyl (C=O) groups is 2. The zero-order valence-corrected chi connectivity index (χ0v) is 11.1. The molecule has 1 aromatic rings. The Morgan fingerprint density at radius 3 is 2.90 bits per heavy atom. The number of pyridine rings is 1. The van der Waals surface area contributed by atoms with Gasteiger partial charge in [-0.25, -0.2) is 4.98 Å². The first kappa shape index (κ1) is 15.7. The van der Waals surface area contributed by atoms with Crippen LogP contribution in [0.3, 0.4) is 0 Å². The normalized spacial score (nSPS) is 9.45. The minimum absolute atomic E-state index is 0.225. The van der Waals surface area contributed by atoms with Crippen LogP contribution in [0.1, 0.15) is 35.3 Å². The van der Waals surface area contributed by atoms with E-state index in [1.165, 1.54) is 6.20 Å². The molecule has 0 saturated heterocycles. The number of aromatic nitrogens is 1. The zero-order chi connectivity index (χ0) is 14.8. The fourth-order valence-corrected chi connectivity index (χ4v) is 1.53. The van der Waals surface area contributed by atoms with E-state index in [1.54, 1.807) is 12.1 Å². The molecule has 1 rings (SSSR count). The summed E-state index contributed by atoms with van der Waals surface area (Å²) in [4.78, 5) is 26.5. The van der Waals surface area contributed by atoms with Crippen molar-refractivity contribution in [3.8, 4) is 11.8 Å². The predicted molar refractivity (Wildman–Crippen MR) is 73.6 cm³/mol. The predicted octanol–water partition coefficient (Wildman–Crippen LogP) is -0.189. The van der Waals surface area contributed by atoms with E-state index in [1.807, 2.05) is 0 Å². The van der Waals surface area contributed by atoms with E-state index in [9.17, 15) is 9.59 Å². The number of primary amides is 1. The van der Waals surface area contributed by atoms with Gasteiger partial charge >= 0.3 is 0 Å². The Morgan fingerprint density at radius 2 is 2.20 bits per heavy atom. The summed E-state index contributed by atoms with van der Waals surface area (Å²) in [5.41, 5.74) is 5.71. The molecule has 0 fully saturated rings. The van der Waals surface area contributed by atoms with E-state index in [0.29, 0.717) is 31.4 Å². The van der Waals surface area contributed by atoms with Gasteiger partial charge in [-0.3, -0.25) is 9.59 Å². The highest BCUT2D eigenvalue weighted by Crippen LogP contribution is 2.03. The average Bonchev–Trinajstić information content (AvgIpc) is 2.44. The highest BCUT2D eigenvalue weighted by molar-refractivity contribution is 5.94. The number of nitrogens with zero attached hydrogens (tertiary/aromatic N) is 1. The molecule has 6 nitrogen and oxygen atoms in total. The molecule has 0 aliphatic carbocycles. The van der Waals surface area contributed by atoms with Crippen LogP contribution in [0.2, 0.25) is 0 Å². The van der Waals surface area contributed by atoms with Crippen molar-refractivity contribution in [3.05, 3.63) is 29.6 Å². The topological polar surface area (TPSA) is 105 Å². The Hall–Kier alpha value is -2.39. The molecule has 0 radical (unpaired) electrons. The largest absolute Gasteiger partial charge is 0.384 e. The second-order valence-electron chi connectivity index (χ2n) is 4.04. The Morgan fingerprint density at radius 1 is 1.40 bits per heavy atom. The lowest BCUT2D eigenvalue weighted by molar-refractivity contribution is -0.118. The third-order valence-electron chi connectivity index (χ3n) is 2.46. The van der Waals surface area contributed by atoms with Crippen LogP contribution in [0.5, 0.6) is 0 Å². The summed E-state index contributed by atoms with van der Waals surface area (Å²) >= 11 is 0. The van der Waals surface area contributed by atoms with Crippen molar-refractivity contribution in [1.82, 2.24) is 10.3 Å². The smallest absolute Gasteiger partial charge is 0.271 e. The number of rotatable bonds is 6. The summed E-state index contributed by atoms with van der Waals surface area (Å²) in [6.45, 7) is 0.165. The Labute approximate surface area is 117 Å². The van der Waals surface area contributed by atoms with Gasteiger partial charge in [0, 0.05) is 19.2 Å².